The van der Waals surface area contributed by atoms with Crippen molar-refractivity contribution < 1.29 is 18.0 Å². The molecule has 0 aromatic rings. The van der Waals surface area contributed by atoms with Gasteiger partial charge < -0.3 is 4.90 Å². The summed E-state index contributed by atoms with van der Waals surface area (Å²) >= 11 is 0. The Balaban J connectivity index is 2.55. The average molecular weight is 181 g/mol. The molecular weight excluding hydrogens is 171 g/mol. The van der Waals surface area contributed by atoms with Crippen LogP contribution in [0.1, 0.15) is 13.3 Å². The van der Waals surface area contributed by atoms with E-state index < -0.39 is 12.1 Å². The highest BCUT2D eigenvalue weighted by molar-refractivity contribution is 5.82. The third kappa shape index (κ3) is 1.89. The second-order valence-corrected chi connectivity index (χ2v) is 3.14. The van der Waals surface area contributed by atoms with Gasteiger partial charge in [-0.15, -0.1) is 0 Å². The van der Waals surface area contributed by atoms with E-state index in [0.29, 0.717) is 6.42 Å². The van der Waals surface area contributed by atoms with Crippen LogP contribution in [0, 0.1) is 5.92 Å². The van der Waals surface area contributed by atoms with Crippen LogP contribution in [0.25, 0.3) is 0 Å². The van der Waals surface area contributed by atoms with Crippen molar-refractivity contribution in [3.05, 3.63) is 0 Å². The monoisotopic (exact) mass is 181 g/mol. The summed E-state index contributed by atoms with van der Waals surface area (Å²) in [6.45, 7) is 2.31. The lowest BCUT2D eigenvalue weighted by molar-refractivity contribution is -0.184. The number of nitrogens with zero attached hydrogens (tertiary/aromatic N) is 1. The van der Waals surface area contributed by atoms with Gasteiger partial charge in [0.15, 0.2) is 0 Å². The van der Waals surface area contributed by atoms with Crippen LogP contribution in [0.4, 0.5) is 13.2 Å². The molecule has 0 radical (unpaired) electrons. The molecule has 0 unspecified atom stereocenters. The zero-order valence-corrected chi connectivity index (χ0v) is 6.69. The molecule has 1 fully saturated rings. The molecule has 1 atom stereocenters. The number of likely N-dealkylation sites (tertiary alicyclic amines) is 1. The van der Waals surface area contributed by atoms with Crippen LogP contribution >= 0.6 is 0 Å². The van der Waals surface area contributed by atoms with Crippen molar-refractivity contribution in [2.24, 2.45) is 5.92 Å². The smallest absolute Gasteiger partial charge is 0.335 e. The van der Waals surface area contributed by atoms with Gasteiger partial charge in [0.05, 0.1) is 0 Å². The fourth-order valence-electron chi connectivity index (χ4n) is 1.30. The first-order valence-electron chi connectivity index (χ1n) is 3.77. The molecule has 0 aliphatic carbocycles. The fraction of sp³-hybridized carbons (Fsp3) is 0.857. The van der Waals surface area contributed by atoms with Crippen LogP contribution in [0.3, 0.4) is 0 Å². The maximum absolute atomic E-state index is 11.8. The molecule has 1 amide bonds. The molecule has 0 bridgehead atoms. The van der Waals surface area contributed by atoms with Crippen molar-refractivity contribution in [1.29, 1.82) is 0 Å². The maximum atomic E-state index is 11.8. The molecule has 0 N–H and O–H groups in total. The summed E-state index contributed by atoms with van der Waals surface area (Å²) in [5.74, 6) is -1.51. The minimum absolute atomic E-state index is 0.191. The number of rotatable bonds is 0. The Morgan fingerprint density at radius 1 is 1.50 bits per heavy atom. The van der Waals surface area contributed by atoms with E-state index in [4.69, 9.17) is 0 Å². The molecule has 70 valence electrons. The van der Waals surface area contributed by atoms with Gasteiger partial charge in [-0.1, -0.05) is 6.92 Å². The van der Waals surface area contributed by atoms with Gasteiger partial charge in [-0.25, -0.2) is 0 Å². The fourth-order valence-corrected chi connectivity index (χ4v) is 1.30. The Bertz CT molecular complexity index is 190. The third-order valence-corrected chi connectivity index (χ3v) is 1.95. The highest BCUT2D eigenvalue weighted by atomic mass is 19.4. The minimum atomic E-state index is -4.70. The number of hydrogen-bond acceptors (Lipinski definition) is 1. The summed E-state index contributed by atoms with van der Waals surface area (Å²) in [4.78, 5) is 11.5. The molecule has 1 rings (SSSR count). The van der Waals surface area contributed by atoms with Crippen LogP contribution in [0.2, 0.25) is 0 Å². The SMILES string of the molecule is C[C@@H]1CCN(C(=O)C(F)(F)F)C1. The maximum Gasteiger partial charge on any atom is 0.471 e. The van der Waals surface area contributed by atoms with E-state index in [2.05, 4.69) is 0 Å². The van der Waals surface area contributed by atoms with E-state index in [0.717, 1.165) is 4.90 Å². The van der Waals surface area contributed by atoms with Gasteiger partial charge in [0.25, 0.3) is 0 Å². The van der Waals surface area contributed by atoms with Gasteiger partial charge in [-0.05, 0) is 12.3 Å². The normalized spacial score (nSPS) is 24.7. The first-order valence-corrected chi connectivity index (χ1v) is 3.77. The van der Waals surface area contributed by atoms with Crippen LogP contribution < -0.4 is 0 Å². The lowest BCUT2D eigenvalue weighted by Gasteiger charge is -2.17. The Kier molecular flexibility index (Phi) is 2.30. The lowest BCUT2D eigenvalue weighted by atomic mass is 10.2. The van der Waals surface area contributed by atoms with Crippen molar-refractivity contribution >= 4 is 5.91 Å². The van der Waals surface area contributed by atoms with E-state index >= 15 is 0 Å². The summed E-state index contributed by atoms with van der Waals surface area (Å²) in [6, 6.07) is 0. The summed E-state index contributed by atoms with van der Waals surface area (Å²) in [5.41, 5.74) is 0. The Morgan fingerprint density at radius 3 is 2.42 bits per heavy atom. The first-order chi connectivity index (χ1) is 5.41. The number of hydrogen-bond donors (Lipinski definition) is 0. The van der Waals surface area contributed by atoms with E-state index in [1.54, 1.807) is 0 Å². The molecule has 2 nitrogen and oxygen atoms in total. The molecule has 0 aromatic carbocycles. The summed E-state index contributed by atoms with van der Waals surface area (Å²) in [5, 5.41) is 0. The largest absolute Gasteiger partial charge is 0.471 e. The molecule has 1 aliphatic rings. The molecular formula is C7H10F3NO. The van der Waals surface area contributed by atoms with Crippen LogP contribution in [0.15, 0.2) is 0 Å². The van der Waals surface area contributed by atoms with E-state index in [9.17, 15) is 18.0 Å². The van der Waals surface area contributed by atoms with Crippen molar-refractivity contribution in [3.8, 4) is 0 Å². The van der Waals surface area contributed by atoms with E-state index in [-0.39, 0.29) is 19.0 Å². The van der Waals surface area contributed by atoms with E-state index in [1.165, 1.54) is 0 Å². The van der Waals surface area contributed by atoms with Gasteiger partial charge >= 0.3 is 12.1 Å². The van der Waals surface area contributed by atoms with Crippen molar-refractivity contribution in [3.63, 3.8) is 0 Å². The molecule has 12 heavy (non-hydrogen) atoms. The van der Waals surface area contributed by atoms with Crippen LogP contribution in [-0.2, 0) is 4.79 Å². The van der Waals surface area contributed by atoms with Crippen molar-refractivity contribution in [2.45, 2.75) is 19.5 Å². The molecule has 0 saturated carbocycles. The molecule has 1 heterocycles. The predicted molar refractivity (Wildman–Crippen MR) is 36.4 cm³/mol. The number of carbonyl (C=O) groups is 1. The van der Waals surface area contributed by atoms with Crippen LogP contribution in [-0.4, -0.2) is 30.1 Å². The Morgan fingerprint density at radius 2 is 2.08 bits per heavy atom. The second kappa shape index (κ2) is 2.95. The zero-order valence-electron chi connectivity index (χ0n) is 6.69. The summed E-state index contributed by atoms with van der Waals surface area (Å²) < 4.78 is 35.5. The number of carbonyl (C=O) groups excluding carboxylic acids is 1. The first kappa shape index (κ1) is 9.35. The van der Waals surface area contributed by atoms with Gasteiger partial charge in [-0.2, -0.15) is 13.2 Å². The predicted octanol–water partition coefficient (Wildman–Crippen LogP) is 1.42. The summed E-state index contributed by atoms with van der Waals surface area (Å²) in [6.07, 6.45) is -4.04. The average Bonchev–Trinajstić information content (AvgIpc) is 2.32. The molecule has 0 spiro atoms. The number of halogens is 3. The Labute approximate surface area is 68.3 Å². The Hall–Kier alpha value is -0.740. The van der Waals surface area contributed by atoms with Crippen molar-refractivity contribution in [2.75, 3.05) is 13.1 Å². The standard InChI is InChI=1S/C7H10F3NO/c1-5-2-3-11(4-5)6(12)7(8,9)10/h5H,2-4H2,1H3/t5-/m1/s1. The van der Waals surface area contributed by atoms with Crippen LogP contribution in [0.5, 0.6) is 0 Å². The topological polar surface area (TPSA) is 20.3 Å². The van der Waals surface area contributed by atoms with Crippen molar-refractivity contribution in [1.82, 2.24) is 4.90 Å². The number of amides is 1. The van der Waals surface area contributed by atoms with Gasteiger partial charge in [0, 0.05) is 13.1 Å². The minimum Gasteiger partial charge on any atom is -0.335 e. The zero-order chi connectivity index (χ0) is 9.35. The molecule has 1 aliphatic heterocycles. The lowest BCUT2D eigenvalue weighted by Crippen LogP contribution is -2.39. The van der Waals surface area contributed by atoms with Gasteiger partial charge in [-0.3, -0.25) is 4.79 Å². The quantitative estimate of drug-likeness (QED) is 0.553. The highest BCUT2D eigenvalue weighted by Crippen LogP contribution is 2.23. The third-order valence-electron chi connectivity index (χ3n) is 1.95. The van der Waals surface area contributed by atoms with E-state index in [1.807, 2.05) is 6.92 Å². The molecule has 1 saturated heterocycles. The van der Waals surface area contributed by atoms with Gasteiger partial charge in [0.1, 0.15) is 0 Å². The number of alkyl halides is 3. The second-order valence-electron chi connectivity index (χ2n) is 3.14. The molecule has 0 aromatic heterocycles. The highest BCUT2D eigenvalue weighted by Gasteiger charge is 2.43. The molecule has 5 heteroatoms. The van der Waals surface area contributed by atoms with Gasteiger partial charge in [0.2, 0.25) is 0 Å². The summed E-state index contributed by atoms with van der Waals surface area (Å²) in [7, 11) is 0.